The third kappa shape index (κ3) is 2.21. The average molecular weight is 309 g/mol. The van der Waals surface area contributed by atoms with Gasteiger partial charge < -0.3 is 16.2 Å². The van der Waals surface area contributed by atoms with E-state index in [9.17, 15) is 4.79 Å². The van der Waals surface area contributed by atoms with Gasteiger partial charge in [-0.2, -0.15) is 4.99 Å². The van der Waals surface area contributed by atoms with Gasteiger partial charge in [0.15, 0.2) is 5.96 Å². The number of aliphatic imine (C=N–C) groups is 1. The van der Waals surface area contributed by atoms with Crippen molar-refractivity contribution in [3.8, 4) is 11.1 Å². The van der Waals surface area contributed by atoms with Crippen LogP contribution < -0.4 is 11.5 Å². The van der Waals surface area contributed by atoms with E-state index in [1.807, 2.05) is 24.3 Å². The van der Waals surface area contributed by atoms with Gasteiger partial charge in [-0.15, -0.1) is 0 Å². The molecule has 1 aliphatic rings. The number of nitrogens with two attached hydrogens (primary N) is 2. The van der Waals surface area contributed by atoms with Gasteiger partial charge in [0.1, 0.15) is 5.60 Å². The van der Waals surface area contributed by atoms with Gasteiger partial charge in [0.25, 0.3) is 5.91 Å². The van der Waals surface area contributed by atoms with E-state index in [2.05, 4.69) is 24.0 Å². The first-order chi connectivity index (χ1) is 11.0. The minimum absolute atomic E-state index is 0.243. The highest BCUT2D eigenvalue weighted by molar-refractivity contribution is 6.02. The lowest BCUT2D eigenvalue weighted by molar-refractivity contribution is 0.0225. The summed E-state index contributed by atoms with van der Waals surface area (Å²) in [6, 6.07) is 13.6. The molecule has 0 aliphatic heterocycles. The number of amides is 1. The molecule has 0 radical (unpaired) electrons. The number of guanidine groups is 1. The maximum absolute atomic E-state index is 12.1. The quantitative estimate of drug-likeness (QED) is 0.672. The molecule has 23 heavy (non-hydrogen) atoms. The highest BCUT2D eigenvalue weighted by Crippen LogP contribution is 2.51. The van der Waals surface area contributed by atoms with Crippen LogP contribution in [0.5, 0.6) is 0 Å². The number of benzene rings is 2. The molecule has 2 aromatic rings. The summed E-state index contributed by atoms with van der Waals surface area (Å²) in [5.74, 6) is -0.697. The van der Waals surface area contributed by atoms with E-state index in [4.69, 9.17) is 16.2 Å². The fourth-order valence-electron chi connectivity index (χ4n) is 3.39. The molecule has 1 unspecified atom stereocenters. The number of hydrogen-bond donors (Lipinski definition) is 2. The molecule has 0 saturated carbocycles. The Morgan fingerprint density at radius 1 is 1.13 bits per heavy atom. The lowest BCUT2D eigenvalue weighted by Gasteiger charge is -2.29. The standard InChI is InChI=1S/C18H19N3O2/c1-3-18(23-2)14-7-5-4-6-12(14)13-9-8-11(10-15(13)18)16(22)21-17(19)20/h4-10H,3H2,1-2H3,(H4,19,20,21,22). The van der Waals surface area contributed by atoms with Crippen molar-refractivity contribution in [3.63, 3.8) is 0 Å². The van der Waals surface area contributed by atoms with E-state index >= 15 is 0 Å². The van der Waals surface area contributed by atoms with E-state index in [-0.39, 0.29) is 5.96 Å². The number of rotatable bonds is 3. The van der Waals surface area contributed by atoms with Crippen molar-refractivity contribution in [1.29, 1.82) is 0 Å². The zero-order chi connectivity index (χ0) is 16.6. The van der Waals surface area contributed by atoms with Crippen molar-refractivity contribution < 1.29 is 9.53 Å². The lowest BCUT2D eigenvalue weighted by atomic mass is 9.88. The van der Waals surface area contributed by atoms with Gasteiger partial charge in [-0.25, -0.2) is 0 Å². The first-order valence-corrected chi connectivity index (χ1v) is 7.47. The van der Waals surface area contributed by atoms with Gasteiger partial charge >= 0.3 is 0 Å². The molecule has 0 spiro atoms. The van der Waals surface area contributed by atoms with Crippen LogP contribution in [0.4, 0.5) is 0 Å². The molecule has 0 bridgehead atoms. The molecule has 118 valence electrons. The minimum atomic E-state index is -0.555. The third-order valence-corrected chi connectivity index (χ3v) is 4.43. The summed E-state index contributed by atoms with van der Waals surface area (Å²) in [5.41, 5.74) is 14.8. The van der Waals surface area contributed by atoms with Gasteiger partial charge in [0.05, 0.1) is 0 Å². The van der Waals surface area contributed by atoms with Crippen LogP contribution in [0.1, 0.15) is 34.8 Å². The molecule has 2 aromatic carbocycles. The zero-order valence-electron chi connectivity index (χ0n) is 13.2. The SMILES string of the molecule is CCC1(OC)c2ccccc2-c2ccc(C(=O)N=C(N)N)cc21. The average Bonchev–Trinajstić information content (AvgIpc) is 2.84. The summed E-state index contributed by atoms with van der Waals surface area (Å²) < 4.78 is 5.92. The molecule has 0 saturated heterocycles. The van der Waals surface area contributed by atoms with Gasteiger partial charge in [-0.1, -0.05) is 37.3 Å². The summed E-state index contributed by atoms with van der Waals surface area (Å²) in [7, 11) is 1.69. The van der Waals surface area contributed by atoms with E-state index in [0.717, 1.165) is 28.7 Å². The maximum atomic E-state index is 12.1. The normalized spacial score (nSPS) is 18.2. The van der Waals surface area contributed by atoms with Crippen LogP contribution in [-0.2, 0) is 10.3 Å². The monoisotopic (exact) mass is 309 g/mol. The molecule has 3 rings (SSSR count). The Morgan fingerprint density at radius 2 is 1.83 bits per heavy atom. The Bertz CT molecular complexity index is 804. The molecule has 1 atom stereocenters. The molecule has 4 N–H and O–H groups in total. The second-order valence-corrected chi connectivity index (χ2v) is 5.53. The largest absolute Gasteiger partial charge is 0.370 e. The molecule has 5 heteroatoms. The van der Waals surface area contributed by atoms with Gasteiger partial charge in [0, 0.05) is 12.7 Å². The zero-order valence-corrected chi connectivity index (χ0v) is 13.2. The Balaban J connectivity index is 2.22. The number of carbonyl (C=O) groups is 1. The molecular weight excluding hydrogens is 290 g/mol. The van der Waals surface area contributed by atoms with Gasteiger partial charge in [0.2, 0.25) is 0 Å². The number of carbonyl (C=O) groups excluding carboxylic acids is 1. The summed E-state index contributed by atoms with van der Waals surface area (Å²) in [4.78, 5) is 15.7. The summed E-state index contributed by atoms with van der Waals surface area (Å²) in [6.45, 7) is 2.07. The Hall–Kier alpha value is -2.66. The Morgan fingerprint density at radius 3 is 2.48 bits per heavy atom. The van der Waals surface area contributed by atoms with Crippen LogP contribution in [0, 0.1) is 0 Å². The predicted octanol–water partition coefficient (Wildman–Crippen LogP) is 2.38. The van der Waals surface area contributed by atoms with Crippen molar-refractivity contribution in [1.82, 2.24) is 0 Å². The molecule has 0 fully saturated rings. The summed E-state index contributed by atoms with van der Waals surface area (Å²) >= 11 is 0. The minimum Gasteiger partial charge on any atom is -0.370 e. The van der Waals surface area contributed by atoms with E-state index in [0.29, 0.717) is 5.56 Å². The fourth-order valence-corrected chi connectivity index (χ4v) is 3.39. The van der Waals surface area contributed by atoms with Crippen molar-refractivity contribution >= 4 is 11.9 Å². The van der Waals surface area contributed by atoms with Crippen molar-refractivity contribution in [2.45, 2.75) is 18.9 Å². The second kappa shape index (κ2) is 5.52. The van der Waals surface area contributed by atoms with Crippen LogP contribution in [0.25, 0.3) is 11.1 Å². The number of nitrogens with zero attached hydrogens (tertiary/aromatic N) is 1. The van der Waals surface area contributed by atoms with Crippen LogP contribution in [0.2, 0.25) is 0 Å². The molecule has 0 heterocycles. The fraction of sp³-hybridized carbons (Fsp3) is 0.222. The predicted molar refractivity (Wildman–Crippen MR) is 90.1 cm³/mol. The van der Waals surface area contributed by atoms with E-state index < -0.39 is 11.5 Å². The van der Waals surface area contributed by atoms with Crippen LogP contribution in [-0.4, -0.2) is 19.0 Å². The Kier molecular flexibility index (Phi) is 3.66. The second-order valence-electron chi connectivity index (χ2n) is 5.53. The maximum Gasteiger partial charge on any atom is 0.280 e. The first kappa shape index (κ1) is 15.2. The van der Waals surface area contributed by atoms with E-state index in [1.165, 1.54) is 0 Å². The number of ether oxygens (including phenoxy) is 1. The smallest absolute Gasteiger partial charge is 0.280 e. The number of methoxy groups -OCH3 is 1. The van der Waals surface area contributed by atoms with Crippen LogP contribution in [0.15, 0.2) is 47.5 Å². The third-order valence-electron chi connectivity index (χ3n) is 4.43. The van der Waals surface area contributed by atoms with E-state index in [1.54, 1.807) is 13.2 Å². The molecule has 5 nitrogen and oxygen atoms in total. The topological polar surface area (TPSA) is 90.7 Å². The summed E-state index contributed by atoms with van der Waals surface area (Å²) in [6.07, 6.45) is 0.757. The number of hydrogen-bond acceptors (Lipinski definition) is 2. The van der Waals surface area contributed by atoms with Gasteiger partial charge in [-0.05, 0) is 40.8 Å². The molecule has 1 amide bonds. The number of fused-ring (bicyclic) bond motifs is 3. The molecule has 1 aliphatic carbocycles. The highest BCUT2D eigenvalue weighted by Gasteiger charge is 2.42. The van der Waals surface area contributed by atoms with Crippen molar-refractivity contribution in [3.05, 3.63) is 59.2 Å². The lowest BCUT2D eigenvalue weighted by Crippen LogP contribution is -2.27. The van der Waals surface area contributed by atoms with Crippen LogP contribution in [0.3, 0.4) is 0 Å². The van der Waals surface area contributed by atoms with Crippen molar-refractivity contribution in [2.24, 2.45) is 16.5 Å². The van der Waals surface area contributed by atoms with Crippen molar-refractivity contribution in [2.75, 3.05) is 7.11 Å². The van der Waals surface area contributed by atoms with Gasteiger partial charge in [-0.3, -0.25) is 4.79 Å². The summed E-state index contributed by atoms with van der Waals surface area (Å²) in [5, 5.41) is 0. The highest BCUT2D eigenvalue weighted by atomic mass is 16.5. The van der Waals surface area contributed by atoms with Crippen LogP contribution >= 0.6 is 0 Å². The first-order valence-electron chi connectivity index (χ1n) is 7.47. The molecular formula is C18H19N3O2. The Labute approximate surface area is 135 Å². The molecule has 0 aromatic heterocycles.